The molecule has 2 N–H and O–H groups in total. The predicted molar refractivity (Wildman–Crippen MR) is 78.2 cm³/mol. The minimum atomic E-state index is -0.187. The zero-order chi connectivity index (χ0) is 14.5. The first-order valence-electron chi connectivity index (χ1n) is 6.56. The molecule has 0 radical (unpaired) electrons. The highest BCUT2D eigenvalue weighted by Crippen LogP contribution is 2.26. The number of hydrogen-bond acceptors (Lipinski definition) is 6. The van der Waals surface area contributed by atoms with Crippen LogP contribution in [0.3, 0.4) is 0 Å². The molecule has 108 valence electrons. The van der Waals surface area contributed by atoms with Gasteiger partial charge in [-0.25, -0.2) is 19.9 Å². The first kappa shape index (κ1) is 14.6. The molecule has 20 heavy (non-hydrogen) atoms. The third-order valence-corrected chi connectivity index (χ3v) is 3.72. The second-order valence-electron chi connectivity index (χ2n) is 4.28. The monoisotopic (exact) mass is 294 g/mol. The SMILES string of the molecule is CCCn1c(Sc2nc(NCC)ncc2C)n[nH]c1=O. The number of aromatic nitrogens is 5. The molecule has 0 aromatic carbocycles. The van der Waals surface area contributed by atoms with E-state index in [4.69, 9.17) is 0 Å². The standard InChI is InChI=1S/C12H18N6OS/c1-4-6-18-11(19)16-17-12(18)20-9-8(3)7-14-10(15-9)13-5-2/h7H,4-6H2,1-3H3,(H,16,19)(H,13,14,15). The third-order valence-electron chi connectivity index (χ3n) is 2.62. The number of aryl methyl sites for hydroxylation is 1. The maximum atomic E-state index is 11.7. The fourth-order valence-corrected chi connectivity index (χ4v) is 2.56. The van der Waals surface area contributed by atoms with Gasteiger partial charge in [0.2, 0.25) is 5.95 Å². The van der Waals surface area contributed by atoms with Gasteiger partial charge in [-0.1, -0.05) is 6.92 Å². The molecule has 0 fully saturated rings. The van der Waals surface area contributed by atoms with Gasteiger partial charge in [0.15, 0.2) is 5.16 Å². The van der Waals surface area contributed by atoms with Gasteiger partial charge in [0.1, 0.15) is 5.03 Å². The number of anilines is 1. The molecular weight excluding hydrogens is 276 g/mol. The molecule has 0 aliphatic rings. The second-order valence-corrected chi connectivity index (χ2v) is 5.23. The Bertz CT molecular complexity index is 635. The Morgan fingerprint density at radius 2 is 2.25 bits per heavy atom. The number of H-pyrrole nitrogens is 1. The summed E-state index contributed by atoms with van der Waals surface area (Å²) in [5, 5.41) is 11.0. The quantitative estimate of drug-likeness (QED) is 0.788. The van der Waals surface area contributed by atoms with Gasteiger partial charge in [0.25, 0.3) is 0 Å². The van der Waals surface area contributed by atoms with Crippen molar-refractivity contribution in [2.45, 2.75) is 43.9 Å². The van der Waals surface area contributed by atoms with Crippen molar-refractivity contribution in [3.63, 3.8) is 0 Å². The molecule has 0 bridgehead atoms. The summed E-state index contributed by atoms with van der Waals surface area (Å²) in [6, 6.07) is 0. The lowest BCUT2D eigenvalue weighted by Crippen LogP contribution is -2.17. The Balaban J connectivity index is 2.29. The van der Waals surface area contributed by atoms with Crippen molar-refractivity contribution in [2.75, 3.05) is 11.9 Å². The van der Waals surface area contributed by atoms with Gasteiger partial charge in [0, 0.05) is 24.8 Å². The van der Waals surface area contributed by atoms with Crippen LogP contribution in [0.25, 0.3) is 0 Å². The van der Waals surface area contributed by atoms with Gasteiger partial charge in [0.05, 0.1) is 0 Å². The Morgan fingerprint density at radius 1 is 1.45 bits per heavy atom. The molecule has 0 saturated heterocycles. The van der Waals surface area contributed by atoms with Gasteiger partial charge in [-0.05, 0) is 32.0 Å². The fraction of sp³-hybridized carbons (Fsp3) is 0.500. The van der Waals surface area contributed by atoms with Crippen LogP contribution in [-0.2, 0) is 6.54 Å². The molecule has 0 aliphatic heterocycles. The van der Waals surface area contributed by atoms with Gasteiger partial charge in [-0.2, -0.15) is 0 Å². The highest BCUT2D eigenvalue weighted by molar-refractivity contribution is 7.99. The Kier molecular flexibility index (Phi) is 4.78. The van der Waals surface area contributed by atoms with E-state index in [1.165, 1.54) is 11.8 Å². The predicted octanol–water partition coefficient (Wildman–Crippen LogP) is 1.66. The molecule has 0 atom stereocenters. The van der Waals surface area contributed by atoms with E-state index in [9.17, 15) is 4.79 Å². The first-order chi connectivity index (χ1) is 9.65. The smallest absolute Gasteiger partial charge is 0.343 e. The lowest BCUT2D eigenvalue weighted by molar-refractivity contribution is 0.603. The van der Waals surface area contributed by atoms with Crippen LogP contribution in [0, 0.1) is 6.92 Å². The van der Waals surface area contributed by atoms with Crippen molar-refractivity contribution in [1.29, 1.82) is 0 Å². The zero-order valence-electron chi connectivity index (χ0n) is 11.8. The van der Waals surface area contributed by atoms with Crippen molar-refractivity contribution >= 4 is 17.7 Å². The summed E-state index contributed by atoms with van der Waals surface area (Å²) in [5.41, 5.74) is 0.767. The maximum absolute atomic E-state index is 11.7. The van der Waals surface area contributed by atoms with Crippen molar-refractivity contribution < 1.29 is 0 Å². The molecule has 0 unspecified atom stereocenters. The summed E-state index contributed by atoms with van der Waals surface area (Å²) in [7, 11) is 0. The molecule has 2 heterocycles. The van der Waals surface area contributed by atoms with Crippen molar-refractivity contribution in [2.24, 2.45) is 0 Å². The second kappa shape index (κ2) is 6.56. The van der Waals surface area contributed by atoms with E-state index in [0.29, 0.717) is 17.6 Å². The molecule has 2 aromatic rings. The average Bonchev–Trinajstić information content (AvgIpc) is 2.76. The van der Waals surface area contributed by atoms with Gasteiger partial charge in [-0.15, -0.1) is 5.10 Å². The van der Waals surface area contributed by atoms with E-state index in [2.05, 4.69) is 25.5 Å². The minimum Gasteiger partial charge on any atom is -0.354 e. The van der Waals surface area contributed by atoms with Gasteiger partial charge in [-0.3, -0.25) is 4.57 Å². The fourth-order valence-electron chi connectivity index (χ4n) is 1.66. The van der Waals surface area contributed by atoms with Crippen LogP contribution >= 0.6 is 11.8 Å². The van der Waals surface area contributed by atoms with Crippen LogP contribution in [0.2, 0.25) is 0 Å². The van der Waals surface area contributed by atoms with Crippen molar-refractivity contribution in [3.8, 4) is 0 Å². The summed E-state index contributed by atoms with van der Waals surface area (Å²) < 4.78 is 1.62. The summed E-state index contributed by atoms with van der Waals surface area (Å²) in [4.78, 5) is 20.3. The van der Waals surface area contributed by atoms with E-state index >= 15 is 0 Å². The Labute approximate surface area is 121 Å². The number of nitrogens with one attached hydrogen (secondary N) is 2. The van der Waals surface area contributed by atoms with Gasteiger partial charge >= 0.3 is 5.69 Å². The largest absolute Gasteiger partial charge is 0.354 e. The lowest BCUT2D eigenvalue weighted by Gasteiger charge is -2.07. The summed E-state index contributed by atoms with van der Waals surface area (Å²) in [6.45, 7) is 7.35. The molecule has 0 saturated carbocycles. The van der Waals surface area contributed by atoms with E-state index in [1.54, 1.807) is 10.8 Å². The minimum absolute atomic E-state index is 0.187. The summed E-state index contributed by atoms with van der Waals surface area (Å²) >= 11 is 1.37. The molecular formula is C12H18N6OS. The molecule has 2 aromatic heterocycles. The average molecular weight is 294 g/mol. The molecule has 2 rings (SSSR count). The number of aromatic amines is 1. The molecule has 7 nitrogen and oxygen atoms in total. The number of rotatable bonds is 6. The highest BCUT2D eigenvalue weighted by atomic mass is 32.2. The van der Waals surface area contributed by atoms with E-state index in [0.717, 1.165) is 23.6 Å². The van der Waals surface area contributed by atoms with E-state index in [1.807, 2.05) is 20.8 Å². The van der Waals surface area contributed by atoms with E-state index < -0.39 is 0 Å². The normalized spacial score (nSPS) is 10.8. The van der Waals surface area contributed by atoms with Crippen LogP contribution in [0.5, 0.6) is 0 Å². The zero-order valence-corrected chi connectivity index (χ0v) is 12.6. The van der Waals surface area contributed by atoms with Crippen molar-refractivity contribution in [3.05, 3.63) is 22.2 Å². The highest BCUT2D eigenvalue weighted by Gasteiger charge is 2.12. The van der Waals surface area contributed by atoms with Crippen LogP contribution < -0.4 is 11.0 Å². The van der Waals surface area contributed by atoms with Gasteiger partial charge < -0.3 is 5.32 Å². The van der Waals surface area contributed by atoms with Crippen LogP contribution in [-0.4, -0.2) is 31.3 Å². The molecule has 0 aliphatic carbocycles. The van der Waals surface area contributed by atoms with Crippen LogP contribution in [0.15, 0.2) is 21.2 Å². The Morgan fingerprint density at radius 3 is 2.95 bits per heavy atom. The van der Waals surface area contributed by atoms with Crippen molar-refractivity contribution in [1.82, 2.24) is 24.7 Å². The van der Waals surface area contributed by atoms with Crippen LogP contribution in [0.1, 0.15) is 25.8 Å². The molecule has 0 spiro atoms. The summed E-state index contributed by atoms with van der Waals surface area (Å²) in [5.74, 6) is 0.584. The molecule has 8 heteroatoms. The van der Waals surface area contributed by atoms with Crippen LogP contribution in [0.4, 0.5) is 5.95 Å². The topological polar surface area (TPSA) is 88.5 Å². The third kappa shape index (κ3) is 3.19. The number of hydrogen-bond donors (Lipinski definition) is 2. The number of nitrogens with zero attached hydrogens (tertiary/aromatic N) is 4. The Hall–Kier alpha value is -1.83. The molecule has 0 amide bonds. The lowest BCUT2D eigenvalue weighted by atomic mass is 10.4. The van der Waals surface area contributed by atoms with E-state index in [-0.39, 0.29) is 5.69 Å². The first-order valence-corrected chi connectivity index (χ1v) is 7.37. The maximum Gasteiger partial charge on any atom is 0.343 e. The summed E-state index contributed by atoms with van der Waals surface area (Å²) in [6.07, 6.45) is 2.64.